The van der Waals surface area contributed by atoms with E-state index in [4.69, 9.17) is 0 Å². The van der Waals surface area contributed by atoms with Crippen molar-refractivity contribution in [1.82, 2.24) is 19.7 Å². The lowest BCUT2D eigenvalue weighted by molar-refractivity contribution is 0.0722. The number of rotatable bonds is 3. The number of aryl methyl sites for hydroxylation is 1. The lowest BCUT2D eigenvalue weighted by atomic mass is 10.1. The van der Waals surface area contributed by atoms with Gasteiger partial charge in [0.15, 0.2) is 0 Å². The standard InChI is InChI=1S/C21H22N4O2S/c26-20-10-14-13-28-9-7-18(14)23-25(20)12-15-4-3-8-24(15)21(27)17-11-22-19-6-2-1-5-16(17)19/h1-2,5-6,10-11,15,22H,3-4,7-9,12-13H2. The summed E-state index contributed by atoms with van der Waals surface area (Å²) in [7, 11) is 0. The number of fused-ring (bicyclic) bond motifs is 2. The van der Waals surface area contributed by atoms with Crippen molar-refractivity contribution in [3.63, 3.8) is 0 Å². The SMILES string of the molecule is O=C(c1c[nH]c2ccccc12)N1CCCC1Cn1nc2c(cc1=O)CSCC2. The molecule has 28 heavy (non-hydrogen) atoms. The van der Waals surface area contributed by atoms with Crippen LogP contribution in [-0.4, -0.2) is 43.9 Å². The molecule has 1 fully saturated rings. The maximum absolute atomic E-state index is 13.2. The van der Waals surface area contributed by atoms with Gasteiger partial charge in [0, 0.05) is 41.9 Å². The van der Waals surface area contributed by atoms with E-state index in [0.717, 1.165) is 59.5 Å². The van der Waals surface area contributed by atoms with Gasteiger partial charge in [0.05, 0.1) is 23.8 Å². The van der Waals surface area contributed by atoms with E-state index in [0.29, 0.717) is 12.1 Å². The normalized spacial score (nSPS) is 19.1. The molecule has 6 nitrogen and oxygen atoms in total. The van der Waals surface area contributed by atoms with E-state index in [1.54, 1.807) is 16.9 Å². The highest BCUT2D eigenvalue weighted by atomic mass is 32.2. The third kappa shape index (κ3) is 3.03. The van der Waals surface area contributed by atoms with Gasteiger partial charge < -0.3 is 9.88 Å². The summed E-state index contributed by atoms with van der Waals surface area (Å²) in [6.07, 6.45) is 4.55. The molecule has 7 heteroatoms. The molecule has 0 saturated carbocycles. The van der Waals surface area contributed by atoms with Crippen molar-refractivity contribution in [3.8, 4) is 0 Å². The fourth-order valence-corrected chi connectivity index (χ4v) is 5.23. The van der Waals surface area contributed by atoms with E-state index >= 15 is 0 Å². The van der Waals surface area contributed by atoms with Crippen LogP contribution in [0.3, 0.4) is 0 Å². The Hall–Kier alpha value is -2.54. The van der Waals surface area contributed by atoms with Gasteiger partial charge in [-0.25, -0.2) is 4.68 Å². The second kappa shape index (κ2) is 7.13. The maximum Gasteiger partial charge on any atom is 0.267 e. The average molecular weight is 395 g/mol. The molecule has 0 spiro atoms. The molecule has 3 aromatic rings. The highest BCUT2D eigenvalue weighted by Crippen LogP contribution is 2.26. The lowest BCUT2D eigenvalue weighted by Crippen LogP contribution is -2.41. The minimum atomic E-state index is -0.0624. The number of hydrogen-bond donors (Lipinski definition) is 1. The fourth-order valence-electron chi connectivity index (χ4n) is 4.28. The molecule has 5 rings (SSSR count). The van der Waals surface area contributed by atoms with Crippen molar-refractivity contribution >= 4 is 28.6 Å². The molecule has 2 aliphatic rings. The predicted octanol–water partition coefficient (Wildman–Crippen LogP) is 2.82. The van der Waals surface area contributed by atoms with E-state index in [1.807, 2.05) is 40.9 Å². The van der Waals surface area contributed by atoms with Crippen LogP contribution in [0, 0.1) is 0 Å². The highest BCUT2D eigenvalue weighted by Gasteiger charge is 2.31. The Balaban J connectivity index is 1.42. The Morgan fingerprint density at radius 2 is 2.21 bits per heavy atom. The molecule has 1 N–H and O–H groups in total. The molecule has 0 radical (unpaired) electrons. The maximum atomic E-state index is 13.2. The van der Waals surface area contributed by atoms with Gasteiger partial charge in [0.2, 0.25) is 0 Å². The van der Waals surface area contributed by atoms with E-state index < -0.39 is 0 Å². The molecule has 0 aliphatic carbocycles. The summed E-state index contributed by atoms with van der Waals surface area (Å²) in [6, 6.07) is 9.58. The number of para-hydroxylation sites is 1. The highest BCUT2D eigenvalue weighted by molar-refractivity contribution is 7.98. The van der Waals surface area contributed by atoms with Gasteiger partial charge in [-0.05, 0) is 30.2 Å². The topological polar surface area (TPSA) is 71.0 Å². The summed E-state index contributed by atoms with van der Waals surface area (Å²) in [5, 5.41) is 5.57. The Morgan fingerprint density at radius 1 is 1.32 bits per heavy atom. The van der Waals surface area contributed by atoms with Crippen LogP contribution in [0.1, 0.15) is 34.5 Å². The third-order valence-electron chi connectivity index (χ3n) is 5.75. The van der Waals surface area contributed by atoms with Crippen LogP contribution in [0.15, 0.2) is 41.3 Å². The number of thioether (sulfide) groups is 1. The number of nitrogens with one attached hydrogen (secondary N) is 1. The molecule has 1 atom stereocenters. The molecular weight excluding hydrogens is 372 g/mol. The predicted molar refractivity (Wildman–Crippen MR) is 111 cm³/mol. The van der Waals surface area contributed by atoms with Gasteiger partial charge in [-0.3, -0.25) is 9.59 Å². The number of nitrogens with zero attached hydrogens (tertiary/aromatic N) is 3. The number of amides is 1. The number of H-pyrrole nitrogens is 1. The Labute approximate surface area is 166 Å². The fraction of sp³-hybridized carbons (Fsp3) is 0.381. The van der Waals surface area contributed by atoms with E-state index in [-0.39, 0.29) is 17.5 Å². The van der Waals surface area contributed by atoms with Crippen molar-refractivity contribution in [1.29, 1.82) is 0 Å². The monoisotopic (exact) mass is 394 g/mol. The third-order valence-corrected chi connectivity index (χ3v) is 6.75. The van der Waals surface area contributed by atoms with E-state index in [1.165, 1.54) is 0 Å². The minimum absolute atomic E-state index is 0.00220. The Morgan fingerprint density at radius 3 is 3.14 bits per heavy atom. The van der Waals surface area contributed by atoms with Gasteiger partial charge in [-0.2, -0.15) is 16.9 Å². The van der Waals surface area contributed by atoms with Crippen molar-refractivity contribution in [3.05, 3.63) is 63.7 Å². The van der Waals surface area contributed by atoms with Gasteiger partial charge >= 0.3 is 0 Å². The van der Waals surface area contributed by atoms with Gasteiger partial charge in [-0.15, -0.1) is 0 Å². The van der Waals surface area contributed by atoms with Crippen molar-refractivity contribution < 1.29 is 4.79 Å². The molecule has 1 saturated heterocycles. The van der Waals surface area contributed by atoms with Gasteiger partial charge in [0.25, 0.3) is 11.5 Å². The summed E-state index contributed by atoms with van der Waals surface area (Å²) >= 11 is 1.84. The number of carbonyl (C=O) groups excluding carboxylic acids is 1. The average Bonchev–Trinajstić information content (AvgIpc) is 3.35. The first-order chi connectivity index (χ1) is 13.7. The number of benzene rings is 1. The zero-order valence-electron chi connectivity index (χ0n) is 15.6. The first kappa shape index (κ1) is 17.6. The summed E-state index contributed by atoms with van der Waals surface area (Å²) in [5.74, 6) is 1.95. The summed E-state index contributed by atoms with van der Waals surface area (Å²) in [6.45, 7) is 1.19. The Kier molecular flexibility index (Phi) is 4.47. The molecule has 4 heterocycles. The zero-order valence-corrected chi connectivity index (χ0v) is 16.4. The molecule has 2 aromatic heterocycles. The largest absolute Gasteiger partial charge is 0.360 e. The van der Waals surface area contributed by atoms with Crippen LogP contribution >= 0.6 is 11.8 Å². The second-order valence-corrected chi connectivity index (χ2v) is 8.59. The molecule has 0 bridgehead atoms. The van der Waals surface area contributed by atoms with E-state index in [9.17, 15) is 9.59 Å². The number of aromatic amines is 1. The quantitative estimate of drug-likeness (QED) is 0.742. The number of carbonyl (C=O) groups is 1. The lowest BCUT2D eigenvalue weighted by Gasteiger charge is -2.25. The molecule has 1 unspecified atom stereocenters. The van der Waals surface area contributed by atoms with Crippen LogP contribution < -0.4 is 5.56 Å². The smallest absolute Gasteiger partial charge is 0.267 e. The van der Waals surface area contributed by atoms with Crippen molar-refractivity contribution in [2.75, 3.05) is 12.3 Å². The number of likely N-dealkylation sites (tertiary alicyclic amines) is 1. The second-order valence-electron chi connectivity index (χ2n) is 7.48. The summed E-state index contributed by atoms with van der Waals surface area (Å²) in [5.41, 5.74) is 3.70. The number of hydrogen-bond acceptors (Lipinski definition) is 4. The van der Waals surface area contributed by atoms with Crippen molar-refractivity contribution in [2.45, 2.75) is 37.6 Å². The number of aromatic nitrogens is 3. The zero-order chi connectivity index (χ0) is 19.1. The van der Waals surface area contributed by atoms with Gasteiger partial charge in [0.1, 0.15) is 0 Å². The van der Waals surface area contributed by atoms with Crippen LogP contribution in [0.5, 0.6) is 0 Å². The first-order valence-electron chi connectivity index (χ1n) is 9.75. The minimum Gasteiger partial charge on any atom is -0.360 e. The molecular formula is C21H22N4O2S. The first-order valence-corrected chi connectivity index (χ1v) is 10.9. The molecule has 2 aliphatic heterocycles. The van der Waals surface area contributed by atoms with Crippen LogP contribution in [0.25, 0.3) is 10.9 Å². The molecule has 1 aromatic carbocycles. The molecule has 144 valence electrons. The summed E-state index contributed by atoms with van der Waals surface area (Å²) in [4.78, 5) is 30.9. The Bertz CT molecular complexity index is 1100. The van der Waals surface area contributed by atoms with Crippen LogP contribution in [0.2, 0.25) is 0 Å². The summed E-state index contributed by atoms with van der Waals surface area (Å²) < 4.78 is 1.57. The molecule has 1 amide bonds. The van der Waals surface area contributed by atoms with Crippen molar-refractivity contribution in [2.24, 2.45) is 0 Å². The van der Waals surface area contributed by atoms with E-state index in [2.05, 4.69) is 10.1 Å². The van der Waals surface area contributed by atoms with Crippen LogP contribution in [0.4, 0.5) is 0 Å². The van der Waals surface area contributed by atoms with Gasteiger partial charge in [-0.1, -0.05) is 18.2 Å². The van der Waals surface area contributed by atoms with Crippen LogP contribution in [-0.2, 0) is 18.7 Å².